The third kappa shape index (κ3) is 6.59. The Morgan fingerprint density at radius 3 is 2.40 bits per heavy atom. The Bertz CT molecular complexity index is 687. The molecule has 3 N–H and O–H groups in total. The van der Waals surface area contributed by atoms with E-state index in [0.29, 0.717) is 0 Å². The van der Waals surface area contributed by atoms with Crippen molar-refractivity contribution in [1.29, 1.82) is 5.26 Å². The molecule has 0 radical (unpaired) electrons. The summed E-state index contributed by atoms with van der Waals surface area (Å²) in [5.74, 6) is -3.65. The first-order valence-electron chi connectivity index (χ1n) is 7.67. The van der Waals surface area contributed by atoms with Gasteiger partial charge in [0.15, 0.2) is 0 Å². The summed E-state index contributed by atoms with van der Waals surface area (Å²) in [4.78, 5) is 35.0. The van der Waals surface area contributed by atoms with Crippen LogP contribution in [-0.4, -0.2) is 35.0 Å². The highest BCUT2D eigenvalue weighted by atomic mass is 19.1. The van der Waals surface area contributed by atoms with E-state index in [4.69, 9.17) is 5.26 Å². The lowest BCUT2D eigenvalue weighted by molar-refractivity contribution is -0.142. The second kappa shape index (κ2) is 9.37. The number of carbonyl (C=O) groups excluding carboxylic acids is 2. The average molecular weight is 349 g/mol. The SMILES string of the molecule is CC(=O)N[C@@H](Cc1ccccc1F)C(=O)N[C@@H](C[C@@H](C)C#N)C(=O)O. The summed E-state index contributed by atoms with van der Waals surface area (Å²) in [7, 11) is 0. The zero-order valence-corrected chi connectivity index (χ0v) is 14.0. The van der Waals surface area contributed by atoms with Crippen LogP contribution in [-0.2, 0) is 20.8 Å². The summed E-state index contributed by atoms with van der Waals surface area (Å²) in [5.41, 5.74) is 0.216. The van der Waals surface area contributed by atoms with Crippen molar-refractivity contribution in [2.24, 2.45) is 5.92 Å². The normalized spacial score (nSPS) is 13.8. The molecule has 3 atom stereocenters. The van der Waals surface area contributed by atoms with Crippen LogP contribution < -0.4 is 10.6 Å². The van der Waals surface area contributed by atoms with Crippen LogP contribution in [0, 0.1) is 23.1 Å². The third-order valence-electron chi connectivity index (χ3n) is 3.50. The van der Waals surface area contributed by atoms with Crippen LogP contribution in [0.25, 0.3) is 0 Å². The number of carboxylic acid groups (broad SMARTS) is 1. The molecule has 134 valence electrons. The van der Waals surface area contributed by atoms with Gasteiger partial charge < -0.3 is 15.7 Å². The molecule has 0 heterocycles. The van der Waals surface area contributed by atoms with Gasteiger partial charge in [-0.15, -0.1) is 0 Å². The van der Waals surface area contributed by atoms with E-state index in [1.807, 2.05) is 6.07 Å². The summed E-state index contributed by atoms with van der Waals surface area (Å²) >= 11 is 0. The van der Waals surface area contributed by atoms with E-state index in [2.05, 4.69) is 10.6 Å². The molecule has 0 aliphatic carbocycles. The monoisotopic (exact) mass is 349 g/mol. The van der Waals surface area contributed by atoms with Crippen LogP contribution in [0.5, 0.6) is 0 Å². The fourth-order valence-corrected chi connectivity index (χ4v) is 2.24. The minimum atomic E-state index is -1.29. The zero-order valence-electron chi connectivity index (χ0n) is 14.0. The molecule has 25 heavy (non-hydrogen) atoms. The van der Waals surface area contributed by atoms with Crippen molar-refractivity contribution in [3.05, 3.63) is 35.6 Å². The lowest BCUT2D eigenvalue weighted by Gasteiger charge is -2.21. The maximum absolute atomic E-state index is 13.8. The van der Waals surface area contributed by atoms with Crippen molar-refractivity contribution in [2.75, 3.05) is 0 Å². The van der Waals surface area contributed by atoms with Crippen LogP contribution in [0.4, 0.5) is 4.39 Å². The van der Waals surface area contributed by atoms with Gasteiger partial charge in [0.05, 0.1) is 6.07 Å². The van der Waals surface area contributed by atoms with Crippen molar-refractivity contribution < 1.29 is 23.9 Å². The highest BCUT2D eigenvalue weighted by Crippen LogP contribution is 2.11. The van der Waals surface area contributed by atoms with E-state index < -0.39 is 41.6 Å². The molecule has 7 nitrogen and oxygen atoms in total. The van der Waals surface area contributed by atoms with E-state index in [-0.39, 0.29) is 18.4 Å². The van der Waals surface area contributed by atoms with Gasteiger partial charge in [-0.1, -0.05) is 18.2 Å². The molecule has 2 amide bonds. The molecule has 0 unspecified atom stereocenters. The predicted molar refractivity (Wildman–Crippen MR) is 86.7 cm³/mol. The molecule has 0 saturated heterocycles. The molecule has 0 aliphatic rings. The summed E-state index contributed by atoms with van der Waals surface area (Å²) in [5, 5.41) is 22.7. The Kier molecular flexibility index (Phi) is 7.53. The lowest BCUT2D eigenvalue weighted by Crippen LogP contribution is -2.52. The van der Waals surface area contributed by atoms with Gasteiger partial charge >= 0.3 is 5.97 Å². The van der Waals surface area contributed by atoms with Gasteiger partial charge in [0.2, 0.25) is 11.8 Å². The van der Waals surface area contributed by atoms with E-state index in [1.54, 1.807) is 6.07 Å². The molecule has 1 rings (SSSR count). The molecule has 0 spiro atoms. The van der Waals surface area contributed by atoms with Crippen LogP contribution in [0.15, 0.2) is 24.3 Å². The number of hydrogen-bond donors (Lipinski definition) is 3. The Morgan fingerprint density at radius 1 is 1.24 bits per heavy atom. The number of benzene rings is 1. The minimum absolute atomic E-state index is 0.0793. The van der Waals surface area contributed by atoms with E-state index >= 15 is 0 Å². The molecule has 0 bridgehead atoms. The topological polar surface area (TPSA) is 119 Å². The first-order valence-corrected chi connectivity index (χ1v) is 7.67. The van der Waals surface area contributed by atoms with Crippen molar-refractivity contribution >= 4 is 17.8 Å². The Hall–Kier alpha value is -2.95. The predicted octanol–water partition coefficient (Wildman–Crippen LogP) is 0.992. The molecule has 0 aliphatic heterocycles. The van der Waals surface area contributed by atoms with Gasteiger partial charge in [0, 0.05) is 19.3 Å². The molecular weight excluding hydrogens is 329 g/mol. The third-order valence-corrected chi connectivity index (χ3v) is 3.50. The van der Waals surface area contributed by atoms with Gasteiger partial charge in [0.1, 0.15) is 17.9 Å². The highest BCUT2D eigenvalue weighted by Gasteiger charge is 2.27. The molecule has 0 aromatic heterocycles. The number of amides is 2. The second-order valence-corrected chi connectivity index (χ2v) is 5.71. The van der Waals surface area contributed by atoms with E-state index in [9.17, 15) is 23.9 Å². The van der Waals surface area contributed by atoms with E-state index in [0.717, 1.165) is 0 Å². The van der Waals surface area contributed by atoms with Gasteiger partial charge in [-0.2, -0.15) is 5.26 Å². The average Bonchev–Trinajstić information content (AvgIpc) is 2.54. The smallest absolute Gasteiger partial charge is 0.326 e. The number of aliphatic carboxylic acids is 1. The van der Waals surface area contributed by atoms with Crippen molar-refractivity contribution in [1.82, 2.24) is 10.6 Å². The standard InChI is InChI=1S/C17H20FN3O4/c1-10(9-19)7-15(17(24)25)21-16(23)14(20-11(2)22)8-12-5-3-4-6-13(12)18/h3-6,10,14-15H,7-8H2,1-2H3,(H,20,22)(H,21,23)(H,24,25)/t10-,14+,15+/m1/s1. The lowest BCUT2D eigenvalue weighted by atomic mass is 10.0. The molecular formula is C17H20FN3O4. The van der Waals surface area contributed by atoms with E-state index in [1.165, 1.54) is 32.0 Å². The fourth-order valence-electron chi connectivity index (χ4n) is 2.24. The van der Waals surface area contributed by atoms with Crippen LogP contribution in [0.2, 0.25) is 0 Å². The molecule has 8 heteroatoms. The van der Waals surface area contributed by atoms with Crippen molar-refractivity contribution in [3.8, 4) is 6.07 Å². The number of nitrogens with one attached hydrogen (secondary N) is 2. The Balaban J connectivity index is 2.92. The van der Waals surface area contributed by atoms with Crippen LogP contribution in [0.1, 0.15) is 25.8 Å². The summed E-state index contributed by atoms with van der Waals surface area (Å²) < 4.78 is 13.8. The molecule has 1 aromatic rings. The van der Waals surface area contributed by atoms with Gasteiger partial charge in [-0.05, 0) is 25.0 Å². The van der Waals surface area contributed by atoms with Gasteiger partial charge in [-0.25, -0.2) is 9.18 Å². The van der Waals surface area contributed by atoms with Crippen LogP contribution in [0.3, 0.4) is 0 Å². The number of carbonyl (C=O) groups is 3. The second-order valence-electron chi connectivity index (χ2n) is 5.71. The number of carboxylic acids is 1. The summed E-state index contributed by atoms with van der Waals surface area (Å²) in [6, 6.07) is 5.28. The number of nitrogens with zero attached hydrogens (tertiary/aromatic N) is 1. The largest absolute Gasteiger partial charge is 0.480 e. The van der Waals surface area contributed by atoms with Crippen molar-refractivity contribution in [3.63, 3.8) is 0 Å². The Morgan fingerprint density at radius 2 is 1.88 bits per heavy atom. The zero-order chi connectivity index (χ0) is 19.0. The minimum Gasteiger partial charge on any atom is -0.480 e. The van der Waals surface area contributed by atoms with Gasteiger partial charge in [0.25, 0.3) is 0 Å². The maximum Gasteiger partial charge on any atom is 0.326 e. The Labute approximate surface area is 144 Å². The number of halogens is 1. The first kappa shape index (κ1) is 20.1. The number of nitriles is 1. The fraction of sp³-hybridized carbons (Fsp3) is 0.412. The molecule has 1 aromatic carbocycles. The number of rotatable bonds is 8. The van der Waals surface area contributed by atoms with Crippen molar-refractivity contribution in [2.45, 2.75) is 38.8 Å². The first-order chi connectivity index (χ1) is 11.7. The summed E-state index contributed by atoms with van der Waals surface area (Å²) in [6.07, 6.45) is -0.206. The van der Waals surface area contributed by atoms with Crippen LogP contribution >= 0.6 is 0 Å². The quantitative estimate of drug-likeness (QED) is 0.647. The molecule has 0 saturated carbocycles. The molecule has 0 fully saturated rings. The van der Waals surface area contributed by atoms with Gasteiger partial charge in [-0.3, -0.25) is 9.59 Å². The summed E-state index contributed by atoms with van der Waals surface area (Å²) in [6.45, 7) is 2.74. The highest BCUT2D eigenvalue weighted by molar-refractivity contribution is 5.90. The maximum atomic E-state index is 13.8. The number of hydrogen-bond acceptors (Lipinski definition) is 4.